The van der Waals surface area contributed by atoms with Crippen molar-refractivity contribution < 1.29 is 0 Å². The fourth-order valence-corrected chi connectivity index (χ4v) is 3.60. The number of hydrogen-bond acceptors (Lipinski definition) is 2. The van der Waals surface area contributed by atoms with Gasteiger partial charge in [0.1, 0.15) is 0 Å². The Labute approximate surface area is 114 Å². The Morgan fingerprint density at radius 2 is 1.89 bits per heavy atom. The van der Waals surface area contributed by atoms with Crippen molar-refractivity contribution in [3.63, 3.8) is 0 Å². The van der Waals surface area contributed by atoms with E-state index in [1.807, 2.05) is 0 Å². The minimum atomic E-state index is 0.837. The van der Waals surface area contributed by atoms with Crippen LogP contribution in [0.25, 0.3) is 0 Å². The van der Waals surface area contributed by atoms with Crippen LogP contribution in [-0.2, 0) is 0 Å². The zero-order valence-electron chi connectivity index (χ0n) is 12.3. The largest absolute Gasteiger partial charge is 0.314 e. The molecular weight excluding hydrogens is 220 g/mol. The lowest BCUT2D eigenvalue weighted by Crippen LogP contribution is -2.38. The Balaban J connectivity index is 1.52. The maximum Gasteiger partial charge on any atom is 0.00670 e. The van der Waals surface area contributed by atoms with Gasteiger partial charge in [0.15, 0.2) is 0 Å². The van der Waals surface area contributed by atoms with Gasteiger partial charge in [0, 0.05) is 12.6 Å². The molecule has 106 valence electrons. The number of nitrogens with zero attached hydrogens (tertiary/aromatic N) is 1. The van der Waals surface area contributed by atoms with Crippen molar-refractivity contribution in [3.05, 3.63) is 0 Å². The van der Waals surface area contributed by atoms with Gasteiger partial charge in [-0.25, -0.2) is 0 Å². The molecule has 0 aromatic heterocycles. The van der Waals surface area contributed by atoms with Crippen molar-refractivity contribution in [1.82, 2.24) is 10.2 Å². The van der Waals surface area contributed by atoms with E-state index in [9.17, 15) is 0 Å². The highest BCUT2D eigenvalue weighted by Gasteiger charge is 2.18. The van der Waals surface area contributed by atoms with E-state index in [0.717, 1.165) is 12.0 Å². The molecule has 2 heteroatoms. The molecule has 1 saturated heterocycles. The lowest BCUT2D eigenvalue weighted by atomic mass is 9.95. The van der Waals surface area contributed by atoms with E-state index in [1.165, 1.54) is 84.0 Å². The zero-order chi connectivity index (χ0) is 12.6. The Hall–Kier alpha value is -0.0800. The normalized spacial score (nSPS) is 27.5. The van der Waals surface area contributed by atoms with Crippen LogP contribution in [0.5, 0.6) is 0 Å². The molecule has 18 heavy (non-hydrogen) atoms. The van der Waals surface area contributed by atoms with E-state index >= 15 is 0 Å². The van der Waals surface area contributed by atoms with Crippen LogP contribution < -0.4 is 5.32 Å². The summed E-state index contributed by atoms with van der Waals surface area (Å²) in [4.78, 5) is 2.69. The molecule has 2 aliphatic rings. The lowest BCUT2D eigenvalue weighted by Gasteiger charge is -2.32. The molecule has 0 radical (unpaired) electrons. The molecule has 2 nitrogen and oxygen atoms in total. The van der Waals surface area contributed by atoms with E-state index in [4.69, 9.17) is 0 Å². The summed E-state index contributed by atoms with van der Waals surface area (Å²) < 4.78 is 0. The number of nitrogens with one attached hydrogen (secondary N) is 1. The highest BCUT2D eigenvalue weighted by Crippen LogP contribution is 2.19. The second-order valence-corrected chi connectivity index (χ2v) is 6.36. The fraction of sp³-hybridized carbons (Fsp3) is 1.00. The number of rotatable bonds is 6. The molecule has 1 aliphatic heterocycles. The van der Waals surface area contributed by atoms with Gasteiger partial charge < -0.3 is 10.2 Å². The molecule has 1 heterocycles. The summed E-state index contributed by atoms with van der Waals surface area (Å²) in [6, 6.07) is 0.837. The Kier molecular flexibility index (Phi) is 6.50. The van der Waals surface area contributed by atoms with Gasteiger partial charge in [0.05, 0.1) is 0 Å². The van der Waals surface area contributed by atoms with Crippen molar-refractivity contribution in [2.24, 2.45) is 5.92 Å². The van der Waals surface area contributed by atoms with Gasteiger partial charge in [-0.2, -0.15) is 0 Å². The quantitative estimate of drug-likeness (QED) is 0.729. The summed E-state index contributed by atoms with van der Waals surface area (Å²) in [7, 11) is 0. The van der Waals surface area contributed by atoms with Gasteiger partial charge in [0.2, 0.25) is 0 Å². The summed E-state index contributed by atoms with van der Waals surface area (Å²) in [6.45, 7) is 7.60. The zero-order valence-corrected chi connectivity index (χ0v) is 12.3. The van der Waals surface area contributed by atoms with Crippen LogP contribution in [0.4, 0.5) is 0 Å². The maximum atomic E-state index is 3.76. The smallest absolute Gasteiger partial charge is 0.00670 e. The third-order valence-electron chi connectivity index (χ3n) is 4.87. The SMILES string of the molecule is CCC1CCCN(CCCNC2CCCCC2)C1. The average molecular weight is 252 g/mol. The van der Waals surface area contributed by atoms with Crippen LogP contribution in [0.3, 0.4) is 0 Å². The summed E-state index contributed by atoms with van der Waals surface area (Å²) in [5.41, 5.74) is 0. The lowest BCUT2D eigenvalue weighted by molar-refractivity contribution is 0.169. The van der Waals surface area contributed by atoms with Crippen molar-refractivity contribution >= 4 is 0 Å². The Morgan fingerprint density at radius 3 is 2.67 bits per heavy atom. The molecule has 1 N–H and O–H groups in total. The van der Waals surface area contributed by atoms with Gasteiger partial charge in [0.25, 0.3) is 0 Å². The van der Waals surface area contributed by atoms with Gasteiger partial charge in [-0.1, -0.05) is 32.6 Å². The van der Waals surface area contributed by atoms with Crippen LogP contribution in [0, 0.1) is 5.92 Å². The standard InChI is InChI=1S/C16H32N2/c1-2-15-8-6-12-18(14-15)13-7-11-17-16-9-4-3-5-10-16/h15-17H,2-14H2,1H3. The Morgan fingerprint density at radius 1 is 1.06 bits per heavy atom. The minimum Gasteiger partial charge on any atom is -0.314 e. The van der Waals surface area contributed by atoms with Crippen LogP contribution in [0.2, 0.25) is 0 Å². The van der Waals surface area contributed by atoms with E-state index in [-0.39, 0.29) is 0 Å². The van der Waals surface area contributed by atoms with E-state index in [1.54, 1.807) is 0 Å². The summed E-state index contributed by atoms with van der Waals surface area (Å²) in [5.74, 6) is 0.977. The third kappa shape index (κ3) is 4.89. The molecule has 1 aliphatic carbocycles. The molecule has 2 fully saturated rings. The number of piperidine rings is 1. The second-order valence-electron chi connectivity index (χ2n) is 6.36. The summed E-state index contributed by atoms with van der Waals surface area (Å²) in [5, 5.41) is 3.76. The van der Waals surface area contributed by atoms with Crippen LogP contribution in [-0.4, -0.2) is 37.1 Å². The molecule has 0 spiro atoms. The summed E-state index contributed by atoms with van der Waals surface area (Å²) >= 11 is 0. The molecule has 0 amide bonds. The first-order valence-corrected chi connectivity index (χ1v) is 8.34. The molecule has 0 aromatic carbocycles. The molecule has 1 atom stereocenters. The molecule has 0 bridgehead atoms. The van der Waals surface area contributed by atoms with Gasteiger partial charge in [-0.05, 0) is 57.7 Å². The molecule has 1 saturated carbocycles. The summed E-state index contributed by atoms with van der Waals surface area (Å²) in [6.07, 6.45) is 12.8. The van der Waals surface area contributed by atoms with Crippen molar-refractivity contribution in [1.29, 1.82) is 0 Å². The average Bonchev–Trinajstić information content (AvgIpc) is 2.45. The fourth-order valence-electron chi connectivity index (χ4n) is 3.60. The van der Waals surface area contributed by atoms with Gasteiger partial charge >= 0.3 is 0 Å². The highest BCUT2D eigenvalue weighted by molar-refractivity contribution is 4.74. The van der Waals surface area contributed by atoms with Crippen LogP contribution in [0.1, 0.15) is 64.7 Å². The van der Waals surface area contributed by atoms with E-state index in [0.29, 0.717) is 0 Å². The molecule has 1 unspecified atom stereocenters. The monoisotopic (exact) mass is 252 g/mol. The predicted octanol–water partition coefficient (Wildman–Crippen LogP) is 3.42. The number of likely N-dealkylation sites (tertiary alicyclic amines) is 1. The third-order valence-corrected chi connectivity index (χ3v) is 4.87. The topological polar surface area (TPSA) is 15.3 Å². The second kappa shape index (κ2) is 8.16. The first-order valence-electron chi connectivity index (χ1n) is 8.34. The molecule has 0 aromatic rings. The minimum absolute atomic E-state index is 0.837. The van der Waals surface area contributed by atoms with E-state index < -0.39 is 0 Å². The predicted molar refractivity (Wildman–Crippen MR) is 78.9 cm³/mol. The first kappa shape index (κ1) is 14.3. The van der Waals surface area contributed by atoms with Gasteiger partial charge in [-0.15, -0.1) is 0 Å². The first-order chi connectivity index (χ1) is 8.88. The van der Waals surface area contributed by atoms with Gasteiger partial charge in [-0.3, -0.25) is 0 Å². The van der Waals surface area contributed by atoms with Crippen LogP contribution in [0.15, 0.2) is 0 Å². The highest BCUT2D eigenvalue weighted by atomic mass is 15.1. The van der Waals surface area contributed by atoms with E-state index in [2.05, 4.69) is 17.1 Å². The molecule has 2 rings (SSSR count). The van der Waals surface area contributed by atoms with Crippen molar-refractivity contribution in [3.8, 4) is 0 Å². The van der Waals surface area contributed by atoms with Crippen molar-refractivity contribution in [2.75, 3.05) is 26.2 Å². The van der Waals surface area contributed by atoms with Crippen molar-refractivity contribution in [2.45, 2.75) is 70.8 Å². The number of hydrogen-bond donors (Lipinski definition) is 1. The maximum absolute atomic E-state index is 3.76. The Bertz CT molecular complexity index is 211. The van der Waals surface area contributed by atoms with Crippen LogP contribution >= 0.6 is 0 Å². The molecular formula is C16H32N2.